The van der Waals surface area contributed by atoms with E-state index in [4.69, 9.17) is 0 Å². The van der Waals surface area contributed by atoms with Crippen molar-refractivity contribution in [1.29, 1.82) is 0 Å². The summed E-state index contributed by atoms with van der Waals surface area (Å²) in [4.78, 5) is 22.6. The smallest absolute Gasteiger partial charge is 0.322 e. The molecule has 21 heavy (non-hydrogen) atoms. The largest absolute Gasteiger partial charge is 0.506 e. The van der Waals surface area contributed by atoms with Gasteiger partial charge in [-0.2, -0.15) is 5.10 Å². The van der Waals surface area contributed by atoms with Gasteiger partial charge in [-0.25, -0.2) is 0 Å². The number of aryl methyl sites for hydroxylation is 1. The topological polar surface area (TPSA) is 121 Å². The van der Waals surface area contributed by atoms with E-state index in [1.807, 2.05) is 6.92 Å². The van der Waals surface area contributed by atoms with Crippen molar-refractivity contribution >= 4 is 17.3 Å². The number of hydrogen-bond acceptors (Lipinski definition) is 5. The molecule has 2 aromatic rings. The summed E-state index contributed by atoms with van der Waals surface area (Å²) < 4.78 is 0. The standard InChI is InChI=1S/C13H14N4O4/c1-2-5-9-12(17(20)21)11(16-15-9)13(19)14-8-6-3-4-7-10(8)18/h3-4,6-7,18H,2,5H2,1H3,(H,14,19)(H,15,16). The zero-order valence-corrected chi connectivity index (χ0v) is 11.3. The van der Waals surface area contributed by atoms with Crippen molar-refractivity contribution in [3.63, 3.8) is 0 Å². The molecular weight excluding hydrogens is 276 g/mol. The van der Waals surface area contributed by atoms with Gasteiger partial charge in [0.15, 0.2) is 0 Å². The third-order valence-electron chi connectivity index (χ3n) is 2.86. The summed E-state index contributed by atoms with van der Waals surface area (Å²) in [5.74, 6) is -0.875. The number of amides is 1. The van der Waals surface area contributed by atoms with Crippen LogP contribution in [-0.4, -0.2) is 26.1 Å². The SMILES string of the molecule is CCCc1[nH]nc(C(=O)Nc2ccccc2O)c1[N+](=O)[O-]. The highest BCUT2D eigenvalue weighted by atomic mass is 16.6. The van der Waals surface area contributed by atoms with E-state index in [2.05, 4.69) is 15.5 Å². The minimum absolute atomic E-state index is 0.127. The second kappa shape index (κ2) is 6.04. The number of H-pyrrole nitrogens is 1. The van der Waals surface area contributed by atoms with Crippen LogP contribution in [0.25, 0.3) is 0 Å². The molecule has 3 N–H and O–H groups in total. The number of aromatic hydroxyl groups is 1. The Kier molecular flexibility index (Phi) is 4.17. The molecule has 0 saturated heterocycles. The molecule has 0 unspecified atom stereocenters. The summed E-state index contributed by atoms with van der Waals surface area (Å²) in [7, 11) is 0. The van der Waals surface area contributed by atoms with E-state index in [1.54, 1.807) is 12.1 Å². The first kappa shape index (κ1) is 14.5. The first-order chi connectivity index (χ1) is 10.0. The molecule has 110 valence electrons. The molecule has 0 atom stereocenters. The molecule has 1 heterocycles. The van der Waals surface area contributed by atoms with Crippen LogP contribution in [0.3, 0.4) is 0 Å². The van der Waals surface area contributed by atoms with Crippen LogP contribution in [0.5, 0.6) is 5.75 Å². The predicted octanol–water partition coefficient (Wildman–Crippen LogP) is 2.23. The second-order valence-corrected chi connectivity index (χ2v) is 4.38. The van der Waals surface area contributed by atoms with E-state index in [1.165, 1.54) is 12.1 Å². The van der Waals surface area contributed by atoms with Crippen molar-refractivity contribution in [1.82, 2.24) is 10.2 Å². The Morgan fingerprint density at radius 3 is 2.81 bits per heavy atom. The number of phenols is 1. The molecule has 1 aromatic carbocycles. The summed E-state index contributed by atoms with van der Waals surface area (Å²) >= 11 is 0. The Hall–Kier alpha value is -2.90. The minimum atomic E-state index is -0.748. The number of carbonyl (C=O) groups excluding carboxylic acids is 1. The van der Waals surface area contributed by atoms with Crippen molar-refractivity contribution in [2.24, 2.45) is 0 Å². The molecule has 1 aromatic heterocycles. The average molecular weight is 290 g/mol. The lowest BCUT2D eigenvalue weighted by Gasteiger charge is -2.04. The molecule has 0 spiro atoms. The summed E-state index contributed by atoms with van der Waals surface area (Å²) in [5.41, 5.74) is -0.154. The number of carbonyl (C=O) groups is 1. The Morgan fingerprint density at radius 2 is 2.19 bits per heavy atom. The number of anilines is 1. The van der Waals surface area contributed by atoms with E-state index in [9.17, 15) is 20.0 Å². The first-order valence-corrected chi connectivity index (χ1v) is 6.35. The van der Waals surface area contributed by atoms with Gasteiger partial charge in [-0.3, -0.25) is 20.0 Å². The molecule has 0 saturated carbocycles. The lowest BCUT2D eigenvalue weighted by atomic mass is 10.2. The zero-order valence-electron chi connectivity index (χ0n) is 11.3. The maximum Gasteiger partial charge on any atom is 0.322 e. The van der Waals surface area contributed by atoms with Crippen LogP contribution >= 0.6 is 0 Å². The Labute approximate surface area is 120 Å². The monoisotopic (exact) mass is 290 g/mol. The van der Waals surface area contributed by atoms with Crippen LogP contribution in [0.4, 0.5) is 11.4 Å². The number of aromatic amines is 1. The molecular formula is C13H14N4O4. The molecule has 0 aliphatic heterocycles. The van der Waals surface area contributed by atoms with Crippen LogP contribution in [-0.2, 0) is 6.42 Å². The minimum Gasteiger partial charge on any atom is -0.506 e. The number of nitrogens with one attached hydrogen (secondary N) is 2. The number of hydrogen-bond donors (Lipinski definition) is 3. The van der Waals surface area contributed by atoms with Gasteiger partial charge in [-0.15, -0.1) is 0 Å². The number of aromatic nitrogens is 2. The first-order valence-electron chi connectivity index (χ1n) is 6.35. The molecule has 0 fully saturated rings. The highest BCUT2D eigenvalue weighted by Gasteiger charge is 2.28. The van der Waals surface area contributed by atoms with Gasteiger partial charge in [0.2, 0.25) is 5.69 Å². The van der Waals surface area contributed by atoms with Crippen LogP contribution in [0.1, 0.15) is 29.5 Å². The van der Waals surface area contributed by atoms with Gasteiger partial charge in [0.05, 0.1) is 10.6 Å². The summed E-state index contributed by atoms with van der Waals surface area (Å²) in [5, 5.41) is 29.4. The molecule has 0 radical (unpaired) electrons. The lowest BCUT2D eigenvalue weighted by molar-refractivity contribution is -0.385. The van der Waals surface area contributed by atoms with Crippen molar-refractivity contribution in [2.45, 2.75) is 19.8 Å². The molecule has 8 nitrogen and oxygen atoms in total. The number of benzene rings is 1. The van der Waals surface area contributed by atoms with Crippen LogP contribution < -0.4 is 5.32 Å². The van der Waals surface area contributed by atoms with Crippen LogP contribution in [0.2, 0.25) is 0 Å². The summed E-state index contributed by atoms with van der Waals surface area (Å²) in [6, 6.07) is 6.11. The van der Waals surface area contributed by atoms with Crippen molar-refractivity contribution in [2.75, 3.05) is 5.32 Å². The van der Waals surface area contributed by atoms with Crippen molar-refractivity contribution < 1.29 is 14.8 Å². The Morgan fingerprint density at radius 1 is 1.48 bits per heavy atom. The maximum absolute atomic E-state index is 12.1. The molecule has 2 rings (SSSR count). The quantitative estimate of drug-likeness (QED) is 0.443. The third-order valence-corrected chi connectivity index (χ3v) is 2.86. The highest BCUT2D eigenvalue weighted by molar-refractivity contribution is 6.06. The molecule has 0 bridgehead atoms. The second-order valence-electron chi connectivity index (χ2n) is 4.38. The fourth-order valence-corrected chi connectivity index (χ4v) is 1.91. The fraction of sp³-hybridized carbons (Fsp3) is 0.231. The number of nitrogens with zero attached hydrogens (tertiary/aromatic N) is 2. The summed E-state index contributed by atoms with van der Waals surface area (Å²) in [6.07, 6.45) is 1.11. The number of para-hydroxylation sites is 2. The van der Waals surface area contributed by atoms with Gasteiger partial charge in [0.1, 0.15) is 11.4 Å². The lowest BCUT2D eigenvalue weighted by Crippen LogP contribution is -2.14. The third kappa shape index (κ3) is 2.99. The predicted molar refractivity (Wildman–Crippen MR) is 75.3 cm³/mol. The van der Waals surface area contributed by atoms with Gasteiger partial charge >= 0.3 is 5.69 Å². The average Bonchev–Trinajstić information content (AvgIpc) is 2.86. The number of phenolic OH excluding ortho intramolecular Hbond substituents is 1. The van der Waals surface area contributed by atoms with Gasteiger partial charge in [-0.1, -0.05) is 25.5 Å². The van der Waals surface area contributed by atoms with E-state index in [0.717, 1.165) is 0 Å². The van der Waals surface area contributed by atoms with Gasteiger partial charge < -0.3 is 10.4 Å². The van der Waals surface area contributed by atoms with Crippen molar-refractivity contribution in [3.05, 3.63) is 45.8 Å². The van der Waals surface area contributed by atoms with Gasteiger partial charge in [0, 0.05) is 0 Å². The van der Waals surface area contributed by atoms with E-state index < -0.39 is 10.8 Å². The van der Waals surface area contributed by atoms with Gasteiger partial charge in [-0.05, 0) is 18.6 Å². The summed E-state index contributed by atoms with van der Waals surface area (Å²) in [6.45, 7) is 1.87. The Balaban J connectivity index is 2.31. The van der Waals surface area contributed by atoms with E-state index >= 15 is 0 Å². The van der Waals surface area contributed by atoms with Gasteiger partial charge in [0.25, 0.3) is 5.91 Å². The van der Waals surface area contributed by atoms with Crippen molar-refractivity contribution in [3.8, 4) is 5.75 Å². The maximum atomic E-state index is 12.1. The van der Waals surface area contributed by atoms with E-state index in [-0.39, 0.29) is 22.8 Å². The number of rotatable bonds is 5. The van der Waals surface area contributed by atoms with Crippen LogP contribution in [0, 0.1) is 10.1 Å². The normalized spacial score (nSPS) is 10.3. The fourth-order valence-electron chi connectivity index (χ4n) is 1.91. The highest BCUT2D eigenvalue weighted by Crippen LogP contribution is 2.26. The Bertz CT molecular complexity index is 681. The van der Waals surface area contributed by atoms with Crippen LogP contribution in [0.15, 0.2) is 24.3 Å². The molecule has 0 aliphatic carbocycles. The molecule has 8 heteroatoms. The number of nitro groups is 1. The zero-order chi connectivity index (χ0) is 15.4. The molecule has 0 aliphatic rings. The molecule has 1 amide bonds. The van der Waals surface area contributed by atoms with E-state index in [0.29, 0.717) is 18.5 Å².